The summed E-state index contributed by atoms with van der Waals surface area (Å²) in [5, 5.41) is 3.49. The van der Waals surface area contributed by atoms with E-state index >= 15 is 0 Å². The van der Waals surface area contributed by atoms with Crippen molar-refractivity contribution in [1.82, 2.24) is 5.32 Å². The molecule has 2 heteroatoms. The molecule has 0 bridgehead atoms. The second kappa shape index (κ2) is 5.04. The molecule has 1 saturated heterocycles. The second-order valence-corrected chi connectivity index (χ2v) is 5.15. The van der Waals surface area contributed by atoms with E-state index < -0.39 is 0 Å². The Labute approximate surface area is 96.7 Å². The molecule has 1 aliphatic heterocycles. The lowest BCUT2D eigenvalue weighted by Gasteiger charge is -2.25. The molecule has 0 amide bonds. The van der Waals surface area contributed by atoms with Gasteiger partial charge in [-0.2, -0.15) is 0 Å². The van der Waals surface area contributed by atoms with Gasteiger partial charge in [-0.15, -0.1) is 11.8 Å². The molecule has 0 spiro atoms. The van der Waals surface area contributed by atoms with E-state index in [1.54, 1.807) is 5.56 Å². The molecule has 1 aromatic carbocycles. The Morgan fingerprint density at radius 3 is 2.93 bits per heavy atom. The second-order valence-electron chi connectivity index (χ2n) is 4.27. The molecule has 1 fully saturated rings. The number of benzene rings is 1. The zero-order valence-electron chi connectivity index (χ0n) is 9.55. The largest absolute Gasteiger partial charge is 0.316 e. The standard InChI is InChI=1S/C13H19NS/c1-10-5-6-12(15-2)8-13(10)11-4-3-7-14-9-11/h5-6,8,11,14H,3-4,7,9H2,1-2H3. The Bertz CT molecular complexity index is 329. The summed E-state index contributed by atoms with van der Waals surface area (Å²) < 4.78 is 0. The fourth-order valence-electron chi connectivity index (χ4n) is 2.30. The number of hydrogen-bond donors (Lipinski definition) is 1. The van der Waals surface area contributed by atoms with Crippen LogP contribution in [0, 0.1) is 6.92 Å². The smallest absolute Gasteiger partial charge is 0.00721 e. The van der Waals surface area contributed by atoms with Crippen molar-refractivity contribution in [2.24, 2.45) is 0 Å². The highest BCUT2D eigenvalue weighted by Gasteiger charge is 2.16. The van der Waals surface area contributed by atoms with Crippen molar-refractivity contribution in [2.45, 2.75) is 30.6 Å². The van der Waals surface area contributed by atoms with Crippen LogP contribution in [0.25, 0.3) is 0 Å². The maximum atomic E-state index is 3.49. The van der Waals surface area contributed by atoms with Crippen molar-refractivity contribution in [3.8, 4) is 0 Å². The van der Waals surface area contributed by atoms with E-state index in [0.717, 1.165) is 12.5 Å². The van der Waals surface area contributed by atoms with E-state index in [4.69, 9.17) is 0 Å². The normalized spacial score (nSPS) is 21.6. The van der Waals surface area contributed by atoms with Gasteiger partial charge >= 0.3 is 0 Å². The van der Waals surface area contributed by atoms with Crippen LogP contribution in [0.4, 0.5) is 0 Å². The highest BCUT2D eigenvalue weighted by atomic mass is 32.2. The zero-order valence-corrected chi connectivity index (χ0v) is 10.4. The van der Waals surface area contributed by atoms with Crippen LogP contribution < -0.4 is 5.32 Å². The summed E-state index contributed by atoms with van der Waals surface area (Å²) in [6.07, 6.45) is 4.80. The molecule has 1 N–H and O–H groups in total. The van der Waals surface area contributed by atoms with Gasteiger partial charge < -0.3 is 5.32 Å². The van der Waals surface area contributed by atoms with Crippen molar-refractivity contribution >= 4 is 11.8 Å². The highest BCUT2D eigenvalue weighted by molar-refractivity contribution is 7.98. The number of piperidine rings is 1. The van der Waals surface area contributed by atoms with Gasteiger partial charge in [0.25, 0.3) is 0 Å². The molecule has 0 aliphatic carbocycles. The summed E-state index contributed by atoms with van der Waals surface area (Å²) in [7, 11) is 0. The fraction of sp³-hybridized carbons (Fsp3) is 0.538. The summed E-state index contributed by atoms with van der Waals surface area (Å²) in [6, 6.07) is 6.85. The van der Waals surface area contributed by atoms with Crippen molar-refractivity contribution in [3.63, 3.8) is 0 Å². The monoisotopic (exact) mass is 221 g/mol. The first-order chi connectivity index (χ1) is 7.31. The molecule has 0 aromatic heterocycles. The van der Waals surface area contributed by atoms with Gasteiger partial charge in [0.05, 0.1) is 0 Å². The Morgan fingerprint density at radius 1 is 1.40 bits per heavy atom. The Morgan fingerprint density at radius 2 is 2.27 bits per heavy atom. The summed E-state index contributed by atoms with van der Waals surface area (Å²) in [5.41, 5.74) is 3.00. The van der Waals surface area contributed by atoms with Gasteiger partial charge in [0.1, 0.15) is 0 Å². The van der Waals surface area contributed by atoms with Gasteiger partial charge in [-0.1, -0.05) is 6.07 Å². The first-order valence-corrected chi connectivity index (χ1v) is 6.89. The average Bonchev–Trinajstić information content (AvgIpc) is 2.31. The third kappa shape index (κ3) is 2.56. The van der Waals surface area contributed by atoms with Gasteiger partial charge in [0.2, 0.25) is 0 Å². The first-order valence-electron chi connectivity index (χ1n) is 5.66. The Balaban J connectivity index is 2.24. The van der Waals surface area contributed by atoms with Crippen molar-refractivity contribution in [2.75, 3.05) is 19.3 Å². The topological polar surface area (TPSA) is 12.0 Å². The van der Waals surface area contributed by atoms with Crippen LogP contribution in [0.5, 0.6) is 0 Å². The average molecular weight is 221 g/mol. The molecule has 2 rings (SSSR count). The van der Waals surface area contributed by atoms with E-state index in [1.807, 2.05) is 11.8 Å². The van der Waals surface area contributed by atoms with Gasteiger partial charge in [0.15, 0.2) is 0 Å². The van der Waals surface area contributed by atoms with Crippen molar-refractivity contribution in [1.29, 1.82) is 0 Å². The molecule has 1 aromatic rings. The van der Waals surface area contributed by atoms with Crippen LogP contribution >= 0.6 is 11.8 Å². The molecule has 1 heterocycles. The van der Waals surface area contributed by atoms with Gasteiger partial charge in [0, 0.05) is 11.4 Å². The Hall–Kier alpha value is -0.470. The molecular weight excluding hydrogens is 202 g/mol. The number of thioether (sulfide) groups is 1. The molecule has 1 aliphatic rings. The predicted octanol–water partition coefficient (Wildman–Crippen LogP) is 3.18. The SMILES string of the molecule is CSc1ccc(C)c(C2CCCNC2)c1. The van der Waals surface area contributed by atoms with E-state index in [2.05, 4.69) is 36.7 Å². The van der Waals surface area contributed by atoms with Gasteiger partial charge in [-0.05, 0) is 61.7 Å². The quantitative estimate of drug-likeness (QED) is 0.770. The van der Waals surface area contributed by atoms with Gasteiger partial charge in [-0.3, -0.25) is 0 Å². The van der Waals surface area contributed by atoms with Crippen LogP contribution in [0.1, 0.15) is 29.9 Å². The molecule has 15 heavy (non-hydrogen) atoms. The maximum absolute atomic E-state index is 3.49. The van der Waals surface area contributed by atoms with Crippen LogP contribution in [0.15, 0.2) is 23.1 Å². The lowest BCUT2D eigenvalue weighted by molar-refractivity contribution is 0.460. The fourth-order valence-corrected chi connectivity index (χ4v) is 2.75. The van der Waals surface area contributed by atoms with Crippen LogP contribution in [0.2, 0.25) is 0 Å². The van der Waals surface area contributed by atoms with Crippen molar-refractivity contribution < 1.29 is 0 Å². The highest BCUT2D eigenvalue weighted by Crippen LogP contribution is 2.29. The molecular formula is C13H19NS. The number of rotatable bonds is 2. The number of nitrogens with one attached hydrogen (secondary N) is 1. The third-order valence-corrected chi connectivity index (χ3v) is 3.95. The molecule has 1 unspecified atom stereocenters. The molecule has 1 atom stereocenters. The van der Waals surface area contributed by atoms with Gasteiger partial charge in [-0.25, -0.2) is 0 Å². The lowest BCUT2D eigenvalue weighted by Crippen LogP contribution is -2.28. The van der Waals surface area contributed by atoms with E-state index in [1.165, 1.54) is 29.8 Å². The maximum Gasteiger partial charge on any atom is 0.00721 e. The minimum absolute atomic E-state index is 0.728. The van der Waals surface area contributed by atoms with Crippen LogP contribution in [-0.4, -0.2) is 19.3 Å². The van der Waals surface area contributed by atoms with E-state index in [0.29, 0.717) is 0 Å². The third-order valence-electron chi connectivity index (χ3n) is 3.22. The zero-order chi connectivity index (χ0) is 10.7. The summed E-state index contributed by atoms with van der Waals surface area (Å²) >= 11 is 1.84. The summed E-state index contributed by atoms with van der Waals surface area (Å²) in [5.74, 6) is 0.728. The minimum atomic E-state index is 0.728. The predicted molar refractivity (Wildman–Crippen MR) is 67.8 cm³/mol. The first kappa shape index (κ1) is 11.0. The molecule has 0 saturated carbocycles. The van der Waals surface area contributed by atoms with E-state index in [-0.39, 0.29) is 0 Å². The number of aryl methyl sites for hydroxylation is 1. The summed E-state index contributed by atoms with van der Waals surface area (Å²) in [4.78, 5) is 1.39. The number of hydrogen-bond acceptors (Lipinski definition) is 2. The van der Waals surface area contributed by atoms with Crippen molar-refractivity contribution in [3.05, 3.63) is 29.3 Å². The molecule has 1 nitrogen and oxygen atoms in total. The van der Waals surface area contributed by atoms with Crippen LogP contribution in [-0.2, 0) is 0 Å². The lowest BCUT2D eigenvalue weighted by atomic mass is 9.89. The van der Waals surface area contributed by atoms with E-state index in [9.17, 15) is 0 Å². The molecule has 82 valence electrons. The summed E-state index contributed by atoms with van der Waals surface area (Å²) in [6.45, 7) is 4.57. The Kier molecular flexibility index (Phi) is 3.71. The van der Waals surface area contributed by atoms with Crippen LogP contribution in [0.3, 0.4) is 0 Å². The minimum Gasteiger partial charge on any atom is -0.316 e. The molecule has 0 radical (unpaired) electrons.